The predicted octanol–water partition coefficient (Wildman–Crippen LogP) is 5.36. The summed E-state index contributed by atoms with van der Waals surface area (Å²) < 4.78 is 0. The van der Waals surface area contributed by atoms with E-state index in [1.54, 1.807) is 24.3 Å². The van der Waals surface area contributed by atoms with Gasteiger partial charge in [-0.2, -0.15) is 0 Å². The molecule has 6 nitrogen and oxygen atoms in total. The van der Waals surface area contributed by atoms with Crippen LogP contribution in [-0.2, 0) is 22.4 Å². The van der Waals surface area contributed by atoms with Crippen molar-refractivity contribution in [2.24, 2.45) is 5.92 Å². The first-order chi connectivity index (χ1) is 14.4. The number of halogens is 1. The van der Waals surface area contributed by atoms with Gasteiger partial charge in [-0.15, -0.1) is 11.3 Å². The Morgan fingerprint density at radius 3 is 2.57 bits per heavy atom. The highest BCUT2D eigenvalue weighted by molar-refractivity contribution is 7.17. The average molecular weight is 449 g/mol. The zero-order chi connectivity index (χ0) is 21.7. The third kappa shape index (κ3) is 5.61. The van der Waals surface area contributed by atoms with Crippen LogP contribution >= 0.6 is 22.9 Å². The number of carboxylic acids is 1. The predicted molar refractivity (Wildman–Crippen MR) is 120 cm³/mol. The molecular formula is C22H25ClN2O4S. The Morgan fingerprint density at radius 2 is 1.90 bits per heavy atom. The molecule has 0 radical (unpaired) electrons. The number of hydrogen-bond acceptors (Lipinski definition) is 4. The number of carbonyl (C=O) groups is 3. The van der Waals surface area contributed by atoms with Gasteiger partial charge in [0.1, 0.15) is 5.00 Å². The number of anilines is 2. The van der Waals surface area contributed by atoms with Gasteiger partial charge in [-0.1, -0.05) is 24.9 Å². The fourth-order valence-corrected chi connectivity index (χ4v) is 5.15. The number of benzene rings is 1. The van der Waals surface area contributed by atoms with E-state index in [0.717, 1.165) is 36.1 Å². The number of thiophene rings is 1. The maximum Gasteiger partial charge on any atom is 0.303 e. The Bertz CT molecular complexity index is 939. The molecule has 0 unspecified atom stereocenters. The molecule has 1 aliphatic rings. The first-order valence-corrected chi connectivity index (χ1v) is 11.3. The molecule has 160 valence electrons. The summed E-state index contributed by atoms with van der Waals surface area (Å²) in [5, 5.41) is 15.6. The van der Waals surface area contributed by atoms with Crippen LogP contribution in [0.25, 0.3) is 0 Å². The van der Waals surface area contributed by atoms with Crippen LogP contribution in [0.15, 0.2) is 24.3 Å². The molecule has 2 amide bonds. The van der Waals surface area contributed by atoms with Gasteiger partial charge in [-0.25, -0.2) is 0 Å². The van der Waals surface area contributed by atoms with Crippen LogP contribution in [0.1, 0.15) is 59.8 Å². The highest BCUT2D eigenvalue weighted by Gasteiger charge is 2.29. The van der Waals surface area contributed by atoms with Crippen molar-refractivity contribution < 1.29 is 19.5 Å². The summed E-state index contributed by atoms with van der Waals surface area (Å²) in [7, 11) is 0. The Kier molecular flexibility index (Phi) is 7.50. The van der Waals surface area contributed by atoms with Crippen molar-refractivity contribution in [3.63, 3.8) is 0 Å². The maximum atomic E-state index is 13.1. The zero-order valence-electron chi connectivity index (χ0n) is 16.8. The van der Waals surface area contributed by atoms with Crippen molar-refractivity contribution in [3.05, 3.63) is 45.3 Å². The quantitative estimate of drug-likeness (QED) is 0.506. The van der Waals surface area contributed by atoms with E-state index in [9.17, 15) is 14.4 Å². The minimum absolute atomic E-state index is 0.0591. The highest BCUT2D eigenvalue weighted by Crippen LogP contribution is 2.41. The first-order valence-electron chi connectivity index (χ1n) is 10.1. The summed E-state index contributed by atoms with van der Waals surface area (Å²) in [6.45, 7) is 2.17. The lowest BCUT2D eigenvalue weighted by Crippen LogP contribution is -2.19. The van der Waals surface area contributed by atoms with E-state index in [2.05, 4.69) is 17.6 Å². The summed E-state index contributed by atoms with van der Waals surface area (Å²) in [4.78, 5) is 37.3. The average Bonchev–Trinajstić information content (AvgIpc) is 3.06. The molecule has 2 aromatic rings. The van der Waals surface area contributed by atoms with E-state index < -0.39 is 5.97 Å². The van der Waals surface area contributed by atoms with Gasteiger partial charge in [0.15, 0.2) is 0 Å². The Balaban J connectivity index is 1.82. The van der Waals surface area contributed by atoms with Gasteiger partial charge in [-0.05, 0) is 61.4 Å². The Labute approximate surface area is 184 Å². The fraction of sp³-hybridized carbons (Fsp3) is 0.409. The summed E-state index contributed by atoms with van der Waals surface area (Å²) in [5.74, 6) is -0.876. The first kappa shape index (κ1) is 22.3. The number of carboxylic acid groups (broad SMARTS) is 1. The number of rotatable bonds is 8. The molecule has 0 fully saturated rings. The topological polar surface area (TPSA) is 95.5 Å². The van der Waals surface area contributed by atoms with E-state index >= 15 is 0 Å². The Hall–Kier alpha value is -2.38. The van der Waals surface area contributed by atoms with Gasteiger partial charge >= 0.3 is 5.97 Å². The normalized spacial score (nSPS) is 15.3. The number of fused-ring (bicyclic) bond motifs is 1. The van der Waals surface area contributed by atoms with Crippen LogP contribution in [0.3, 0.4) is 0 Å². The van der Waals surface area contributed by atoms with Crippen LogP contribution in [0.4, 0.5) is 10.7 Å². The lowest BCUT2D eigenvalue weighted by molar-refractivity contribution is -0.137. The van der Waals surface area contributed by atoms with Gasteiger partial charge in [0.25, 0.3) is 5.91 Å². The fourth-order valence-electron chi connectivity index (χ4n) is 3.65. The Morgan fingerprint density at radius 1 is 1.17 bits per heavy atom. The minimum atomic E-state index is -0.928. The molecule has 0 aliphatic heterocycles. The lowest BCUT2D eigenvalue weighted by atomic mass is 9.85. The lowest BCUT2D eigenvalue weighted by Gasteiger charge is -2.21. The van der Waals surface area contributed by atoms with Gasteiger partial charge < -0.3 is 15.7 Å². The molecule has 3 rings (SSSR count). The molecule has 3 N–H and O–H groups in total. The third-order valence-corrected chi connectivity index (χ3v) is 6.74. The number of nitrogens with one attached hydrogen (secondary N) is 2. The number of aliphatic carboxylic acids is 1. The molecule has 1 aliphatic carbocycles. The monoisotopic (exact) mass is 448 g/mol. The zero-order valence-corrected chi connectivity index (χ0v) is 18.4. The van der Waals surface area contributed by atoms with Crippen LogP contribution in [0.5, 0.6) is 0 Å². The maximum absolute atomic E-state index is 13.1. The molecule has 0 spiro atoms. The summed E-state index contributed by atoms with van der Waals surface area (Å²) in [6, 6.07) is 6.88. The molecule has 0 saturated carbocycles. The molecule has 0 bridgehead atoms. The largest absolute Gasteiger partial charge is 0.481 e. The molecule has 1 atom stereocenters. The van der Waals surface area contributed by atoms with Crippen molar-refractivity contribution in [2.45, 2.75) is 51.9 Å². The molecule has 1 aromatic heterocycles. The van der Waals surface area contributed by atoms with Crippen LogP contribution in [-0.4, -0.2) is 22.9 Å². The highest BCUT2D eigenvalue weighted by atomic mass is 35.5. The van der Waals surface area contributed by atoms with Crippen molar-refractivity contribution in [2.75, 3.05) is 10.6 Å². The molecule has 0 saturated heterocycles. The van der Waals surface area contributed by atoms with E-state index in [1.807, 2.05) is 0 Å². The number of hydrogen-bond donors (Lipinski definition) is 3. The van der Waals surface area contributed by atoms with E-state index in [1.165, 1.54) is 11.3 Å². The summed E-state index contributed by atoms with van der Waals surface area (Å²) in [6.07, 6.45) is 4.13. The SMILES string of the molecule is CC[C@H]1CCc2c(sc(NC(=O)CCCC(=O)O)c2C(=O)Nc2ccc(Cl)cc2)C1. The second-order valence-corrected chi connectivity index (χ2v) is 9.02. The van der Waals surface area contributed by atoms with E-state index in [-0.39, 0.29) is 31.1 Å². The smallest absolute Gasteiger partial charge is 0.303 e. The van der Waals surface area contributed by atoms with E-state index in [4.69, 9.17) is 16.7 Å². The van der Waals surface area contributed by atoms with Gasteiger partial charge in [0.05, 0.1) is 5.56 Å². The van der Waals surface area contributed by atoms with Crippen LogP contribution in [0.2, 0.25) is 5.02 Å². The van der Waals surface area contributed by atoms with Crippen molar-refractivity contribution in [1.82, 2.24) is 0 Å². The number of carbonyl (C=O) groups excluding carboxylic acids is 2. The third-order valence-electron chi connectivity index (χ3n) is 5.32. The van der Waals surface area contributed by atoms with Crippen LogP contribution < -0.4 is 10.6 Å². The molecule has 8 heteroatoms. The second kappa shape index (κ2) is 10.1. The second-order valence-electron chi connectivity index (χ2n) is 7.48. The van der Waals surface area contributed by atoms with Crippen LogP contribution in [0, 0.1) is 5.92 Å². The standard InChI is InChI=1S/C22H25ClN2O4S/c1-2-13-6-11-16-17(12-13)30-22(25-18(26)4-3-5-19(27)28)20(16)21(29)24-15-9-7-14(23)8-10-15/h7-10,13H,2-6,11-12H2,1H3,(H,24,29)(H,25,26)(H,27,28)/t13-/m0/s1. The molecular weight excluding hydrogens is 424 g/mol. The van der Waals surface area contributed by atoms with E-state index in [0.29, 0.717) is 27.2 Å². The van der Waals surface area contributed by atoms with Gasteiger partial charge in [0.2, 0.25) is 5.91 Å². The van der Waals surface area contributed by atoms with Crippen molar-refractivity contribution >= 4 is 51.4 Å². The summed E-state index contributed by atoms with van der Waals surface area (Å²) in [5.41, 5.74) is 2.16. The van der Waals surface area contributed by atoms with Crippen molar-refractivity contribution in [1.29, 1.82) is 0 Å². The number of amides is 2. The summed E-state index contributed by atoms with van der Waals surface area (Å²) >= 11 is 7.38. The van der Waals surface area contributed by atoms with Crippen molar-refractivity contribution in [3.8, 4) is 0 Å². The van der Waals surface area contributed by atoms with Gasteiger partial charge in [-0.3, -0.25) is 14.4 Å². The molecule has 1 aromatic carbocycles. The minimum Gasteiger partial charge on any atom is -0.481 e. The molecule has 30 heavy (non-hydrogen) atoms. The molecule has 1 heterocycles. The van der Waals surface area contributed by atoms with Gasteiger partial charge in [0, 0.05) is 28.4 Å².